The van der Waals surface area contributed by atoms with Crippen LogP contribution in [0.25, 0.3) is 0 Å². The van der Waals surface area contributed by atoms with E-state index in [1.807, 2.05) is 0 Å². The molecular formula is C18H17Cl2N3O2. The van der Waals surface area contributed by atoms with Crippen molar-refractivity contribution >= 4 is 46.9 Å². The molecule has 0 atom stereocenters. The van der Waals surface area contributed by atoms with Gasteiger partial charge in [0.25, 0.3) is 5.91 Å². The molecule has 2 aromatic carbocycles. The maximum Gasteiger partial charge on any atom is 0.271 e. The zero-order valence-corrected chi connectivity index (χ0v) is 15.2. The Morgan fingerprint density at radius 2 is 1.64 bits per heavy atom. The fraction of sp³-hybridized carbons (Fsp3) is 0.167. The van der Waals surface area contributed by atoms with E-state index in [4.69, 9.17) is 23.2 Å². The second kappa shape index (κ2) is 8.65. The van der Waals surface area contributed by atoms with Gasteiger partial charge in [-0.1, -0.05) is 43.1 Å². The number of benzene rings is 2. The predicted molar refractivity (Wildman–Crippen MR) is 101 cm³/mol. The van der Waals surface area contributed by atoms with E-state index in [0.29, 0.717) is 26.9 Å². The number of hydrogen-bond acceptors (Lipinski definition) is 3. The molecule has 0 radical (unpaired) electrons. The Balaban J connectivity index is 1.99. The first-order valence-electron chi connectivity index (χ1n) is 7.57. The Labute approximate surface area is 156 Å². The van der Waals surface area contributed by atoms with Crippen LogP contribution in [0, 0.1) is 5.92 Å². The zero-order chi connectivity index (χ0) is 18.4. The normalized spacial score (nSPS) is 10.9. The number of hydrogen-bond donors (Lipinski definition) is 2. The smallest absolute Gasteiger partial charge is 0.271 e. The highest BCUT2D eigenvalue weighted by Crippen LogP contribution is 2.22. The molecule has 5 nitrogen and oxygen atoms in total. The van der Waals surface area contributed by atoms with Crippen molar-refractivity contribution in [2.45, 2.75) is 13.8 Å². The van der Waals surface area contributed by atoms with Crippen molar-refractivity contribution in [3.05, 3.63) is 63.6 Å². The Morgan fingerprint density at radius 1 is 1.04 bits per heavy atom. The fourth-order valence-corrected chi connectivity index (χ4v) is 2.34. The molecule has 0 aliphatic heterocycles. The van der Waals surface area contributed by atoms with Crippen LogP contribution < -0.4 is 10.7 Å². The third-order valence-corrected chi connectivity index (χ3v) is 3.96. The van der Waals surface area contributed by atoms with E-state index in [-0.39, 0.29) is 17.7 Å². The van der Waals surface area contributed by atoms with Crippen molar-refractivity contribution in [1.82, 2.24) is 5.43 Å². The number of nitrogens with zero attached hydrogens (tertiary/aromatic N) is 1. The maximum absolute atomic E-state index is 12.1. The largest absolute Gasteiger partial charge is 0.326 e. The molecule has 130 valence electrons. The number of anilines is 1. The first-order chi connectivity index (χ1) is 11.9. The van der Waals surface area contributed by atoms with Gasteiger partial charge in [0.2, 0.25) is 5.91 Å². The van der Waals surface area contributed by atoms with E-state index in [9.17, 15) is 9.59 Å². The molecule has 2 rings (SSSR count). The van der Waals surface area contributed by atoms with E-state index < -0.39 is 0 Å². The van der Waals surface area contributed by atoms with Gasteiger partial charge in [-0.15, -0.1) is 0 Å². The third kappa shape index (κ3) is 5.31. The highest BCUT2D eigenvalue weighted by molar-refractivity contribution is 6.38. The molecular weight excluding hydrogens is 361 g/mol. The molecule has 0 saturated carbocycles. The van der Waals surface area contributed by atoms with Gasteiger partial charge < -0.3 is 5.32 Å². The van der Waals surface area contributed by atoms with Crippen LogP contribution >= 0.6 is 23.2 Å². The zero-order valence-electron chi connectivity index (χ0n) is 13.7. The minimum Gasteiger partial charge on any atom is -0.326 e. The van der Waals surface area contributed by atoms with E-state index in [2.05, 4.69) is 15.8 Å². The van der Waals surface area contributed by atoms with Gasteiger partial charge in [0, 0.05) is 22.7 Å². The first-order valence-corrected chi connectivity index (χ1v) is 8.32. The van der Waals surface area contributed by atoms with Gasteiger partial charge in [-0.05, 0) is 36.4 Å². The van der Waals surface area contributed by atoms with Crippen LogP contribution in [0.3, 0.4) is 0 Å². The minimum absolute atomic E-state index is 0.0848. The van der Waals surface area contributed by atoms with Crippen molar-refractivity contribution in [2.24, 2.45) is 11.0 Å². The molecule has 0 unspecified atom stereocenters. The summed E-state index contributed by atoms with van der Waals surface area (Å²) >= 11 is 12.0. The summed E-state index contributed by atoms with van der Waals surface area (Å²) in [6, 6.07) is 11.6. The summed E-state index contributed by atoms with van der Waals surface area (Å²) in [5, 5.41) is 7.51. The van der Waals surface area contributed by atoms with Crippen LogP contribution in [0.1, 0.15) is 29.8 Å². The molecule has 0 heterocycles. The van der Waals surface area contributed by atoms with Crippen molar-refractivity contribution in [3.8, 4) is 0 Å². The summed E-state index contributed by atoms with van der Waals surface area (Å²) in [6.07, 6.45) is 1.39. The number of carbonyl (C=O) groups excluding carboxylic acids is 2. The number of halogens is 2. The summed E-state index contributed by atoms with van der Waals surface area (Å²) < 4.78 is 0. The molecule has 0 spiro atoms. The molecule has 0 aliphatic rings. The number of carbonyl (C=O) groups is 2. The molecule has 7 heteroatoms. The number of amides is 2. The van der Waals surface area contributed by atoms with Crippen LogP contribution in [0.2, 0.25) is 10.0 Å². The summed E-state index contributed by atoms with van der Waals surface area (Å²) in [4.78, 5) is 23.7. The quantitative estimate of drug-likeness (QED) is 0.600. The Hall–Kier alpha value is -2.37. The van der Waals surface area contributed by atoms with Gasteiger partial charge in [-0.25, -0.2) is 5.43 Å². The second-order valence-corrected chi connectivity index (χ2v) is 6.37. The van der Waals surface area contributed by atoms with Crippen molar-refractivity contribution < 1.29 is 9.59 Å². The monoisotopic (exact) mass is 377 g/mol. The molecule has 0 bridgehead atoms. The molecule has 25 heavy (non-hydrogen) atoms. The molecule has 2 amide bonds. The van der Waals surface area contributed by atoms with Crippen LogP contribution in [0.5, 0.6) is 0 Å². The van der Waals surface area contributed by atoms with Crippen LogP contribution in [-0.4, -0.2) is 18.0 Å². The predicted octanol–water partition coefficient (Wildman–Crippen LogP) is 4.35. The van der Waals surface area contributed by atoms with Gasteiger partial charge in [0.1, 0.15) is 0 Å². The summed E-state index contributed by atoms with van der Waals surface area (Å²) in [6.45, 7) is 3.61. The van der Waals surface area contributed by atoms with Crippen LogP contribution in [0.4, 0.5) is 5.69 Å². The lowest BCUT2D eigenvalue weighted by atomic mass is 10.1. The molecule has 0 fully saturated rings. The third-order valence-electron chi connectivity index (χ3n) is 3.30. The van der Waals surface area contributed by atoms with Crippen LogP contribution in [0.15, 0.2) is 47.6 Å². The standard InChI is InChI=1S/C18H17Cl2N3O2/c1-11(2)17(24)22-13-8-6-12(7-9-13)18(25)23-21-10-14-15(19)4-3-5-16(14)20/h3-11H,1-2H3,(H,22,24)(H,23,25)/b21-10+. The van der Waals surface area contributed by atoms with Crippen molar-refractivity contribution in [2.75, 3.05) is 5.32 Å². The number of rotatable bonds is 5. The van der Waals surface area contributed by atoms with Crippen molar-refractivity contribution in [3.63, 3.8) is 0 Å². The highest BCUT2D eigenvalue weighted by Gasteiger charge is 2.09. The molecule has 2 aromatic rings. The van der Waals surface area contributed by atoms with Gasteiger partial charge >= 0.3 is 0 Å². The lowest BCUT2D eigenvalue weighted by Gasteiger charge is -2.08. The fourth-order valence-electron chi connectivity index (χ4n) is 1.85. The Kier molecular flexibility index (Phi) is 6.56. The first kappa shape index (κ1) is 19.0. The average Bonchev–Trinajstić information content (AvgIpc) is 2.58. The van der Waals surface area contributed by atoms with Gasteiger partial charge in [0.15, 0.2) is 0 Å². The van der Waals surface area contributed by atoms with Gasteiger partial charge in [0.05, 0.1) is 16.3 Å². The van der Waals surface area contributed by atoms with E-state index in [0.717, 1.165) is 0 Å². The number of hydrazone groups is 1. The topological polar surface area (TPSA) is 70.6 Å². The molecule has 0 aliphatic carbocycles. The molecule has 0 saturated heterocycles. The van der Waals surface area contributed by atoms with E-state index in [1.165, 1.54) is 6.21 Å². The van der Waals surface area contributed by atoms with Crippen LogP contribution in [-0.2, 0) is 4.79 Å². The van der Waals surface area contributed by atoms with Gasteiger partial charge in [-0.2, -0.15) is 5.10 Å². The Bertz CT molecular complexity index is 782. The highest BCUT2D eigenvalue weighted by atomic mass is 35.5. The second-order valence-electron chi connectivity index (χ2n) is 5.56. The Morgan fingerprint density at radius 3 is 2.20 bits per heavy atom. The lowest BCUT2D eigenvalue weighted by Crippen LogP contribution is -2.19. The number of nitrogens with one attached hydrogen (secondary N) is 2. The average molecular weight is 378 g/mol. The summed E-state index contributed by atoms with van der Waals surface area (Å²) in [5.41, 5.74) is 3.97. The minimum atomic E-state index is -0.388. The van der Waals surface area contributed by atoms with Gasteiger partial charge in [-0.3, -0.25) is 9.59 Å². The summed E-state index contributed by atoms with van der Waals surface area (Å²) in [5.74, 6) is -0.589. The SMILES string of the molecule is CC(C)C(=O)Nc1ccc(C(=O)N/N=C/c2c(Cl)cccc2Cl)cc1. The maximum atomic E-state index is 12.1. The molecule has 0 aromatic heterocycles. The molecule has 2 N–H and O–H groups in total. The van der Waals surface area contributed by atoms with E-state index in [1.54, 1.807) is 56.3 Å². The summed E-state index contributed by atoms with van der Waals surface area (Å²) in [7, 11) is 0. The lowest BCUT2D eigenvalue weighted by molar-refractivity contribution is -0.118. The van der Waals surface area contributed by atoms with Crippen molar-refractivity contribution in [1.29, 1.82) is 0 Å². The van der Waals surface area contributed by atoms with E-state index >= 15 is 0 Å².